The van der Waals surface area contributed by atoms with Crippen molar-refractivity contribution in [3.05, 3.63) is 52.6 Å². The summed E-state index contributed by atoms with van der Waals surface area (Å²) in [4.78, 5) is 31.2. The fourth-order valence-electron chi connectivity index (χ4n) is 2.44. The summed E-state index contributed by atoms with van der Waals surface area (Å²) in [5, 5.41) is 20.9. The zero-order valence-electron chi connectivity index (χ0n) is 13.1. The molecule has 1 amide bonds. The molecule has 1 aliphatic rings. The first kappa shape index (κ1) is 18.0. The standard InChI is InChI=1S/C15H14F2N4O5/c16-7-1-2-8(18-5-7)13(24)19-10-3-4-21(15(25)20-10)14-11(17)12(23)9(6-22)26-14/h1-5,9,11-12,14,22-23H,6H2,(H,19,20,24,25)/t9-,11-,12-,14+/m1/s1. The van der Waals surface area contributed by atoms with E-state index in [4.69, 9.17) is 9.84 Å². The SMILES string of the molecule is O=C(Nc1ccn([C@H]2O[C@H](CO)[C@@H](O)[C@H]2F)c(=O)n1)c1ccc(F)cn1. The summed E-state index contributed by atoms with van der Waals surface area (Å²) in [6, 6.07) is 3.43. The molecule has 0 bridgehead atoms. The van der Waals surface area contributed by atoms with Crippen LogP contribution in [0.4, 0.5) is 14.6 Å². The second-order valence-electron chi connectivity index (χ2n) is 5.50. The molecule has 0 spiro atoms. The van der Waals surface area contributed by atoms with E-state index in [1.165, 1.54) is 6.07 Å². The normalized spacial score (nSPS) is 25.2. The number of aliphatic hydroxyl groups excluding tert-OH is 2. The highest BCUT2D eigenvalue weighted by Gasteiger charge is 2.45. The number of halogens is 2. The van der Waals surface area contributed by atoms with E-state index in [-0.39, 0.29) is 11.5 Å². The Morgan fingerprint density at radius 3 is 2.73 bits per heavy atom. The van der Waals surface area contributed by atoms with Crippen molar-refractivity contribution >= 4 is 11.7 Å². The van der Waals surface area contributed by atoms with E-state index in [1.54, 1.807) is 0 Å². The van der Waals surface area contributed by atoms with Crippen molar-refractivity contribution in [2.45, 2.75) is 24.6 Å². The zero-order chi connectivity index (χ0) is 18.8. The first-order valence-electron chi connectivity index (χ1n) is 7.51. The number of nitrogens with one attached hydrogen (secondary N) is 1. The summed E-state index contributed by atoms with van der Waals surface area (Å²) in [5.74, 6) is -1.45. The molecule has 0 aliphatic carbocycles. The van der Waals surface area contributed by atoms with Crippen molar-refractivity contribution in [3.63, 3.8) is 0 Å². The van der Waals surface area contributed by atoms with Gasteiger partial charge in [0.2, 0.25) is 0 Å². The molecular weight excluding hydrogens is 354 g/mol. The van der Waals surface area contributed by atoms with Crippen LogP contribution >= 0.6 is 0 Å². The minimum Gasteiger partial charge on any atom is -0.394 e. The van der Waals surface area contributed by atoms with Gasteiger partial charge in [-0.1, -0.05) is 0 Å². The molecule has 138 valence electrons. The summed E-state index contributed by atoms with van der Waals surface area (Å²) in [6.45, 7) is -0.612. The zero-order valence-corrected chi connectivity index (χ0v) is 13.1. The second kappa shape index (κ2) is 7.23. The lowest BCUT2D eigenvalue weighted by molar-refractivity contribution is -0.0490. The number of hydrogen-bond donors (Lipinski definition) is 3. The molecule has 0 aromatic carbocycles. The van der Waals surface area contributed by atoms with Gasteiger partial charge in [0.25, 0.3) is 5.91 Å². The van der Waals surface area contributed by atoms with E-state index in [2.05, 4.69) is 15.3 Å². The number of carbonyl (C=O) groups is 1. The van der Waals surface area contributed by atoms with E-state index in [0.29, 0.717) is 0 Å². The fourth-order valence-corrected chi connectivity index (χ4v) is 2.44. The van der Waals surface area contributed by atoms with Crippen molar-refractivity contribution in [2.24, 2.45) is 0 Å². The second-order valence-corrected chi connectivity index (χ2v) is 5.50. The average Bonchev–Trinajstić information content (AvgIpc) is 2.90. The first-order chi connectivity index (χ1) is 12.4. The summed E-state index contributed by atoms with van der Waals surface area (Å²) in [7, 11) is 0. The van der Waals surface area contributed by atoms with Crippen molar-refractivity contribution in [1.82, 2.24) is 14.5 Å². The van der Waals surface area contributed by atoms with Crippen LogP contribution < -0.4 is 11.0 Å². The largest absolute Gasteiger partial charge is 0.394 e. The Balaban J connectivity index is 1.77. The van der Waals surface area contributed by atoms with Gasteiger partial charge >= 0.3 is 5.69 Å². The van der Waals surface area contributed by atoms with Gasteiger partial charge in [0.1, 0.15) is 29.5 Å². The number of aliphatic hydroxyl groups is 2. The molecule has 1 fully saturated rings. The lowest BCUT2D eigenvalue weighted by Gasteiger charge is -2.16. The molecule has 2 aromatic rings. The van der Waals surface area contributed by atoms with Crippen molar-refractivity contribution in [2.75, 3.05) is 11.9 Å². The number of rotatable bonds is 4. The van der Waals surface area contributed by atoms with Crippen molar-refractivity contribution in [3.8, 4) is 0 Å². The van der Waals surface area contributed by atoms with E-state index in [1.807, 2.05) is 0 Å². The highest BCUT2D eigenvalue weighted by molar-refractivity contribution is 6.02. The molecule has 9 nitrogen and oxygen atoms in total. The van der Waals surface area contributed by atoms with Gasteiger partial charge in [-0.2, -0.15) is 4.98 Å². The lowest BCUT2D eigenvalue weighted by Crippen LogP contribution is -2.33. The van der Waals surface area contributed by atoms with Crippen LogP contribution in [0.3, 0.4) is 0 Å². The number of ether oxygens (including phenoxy) is 1. The molecule has 3 rings (SSSR count). The number of aromatic nitrogens is 3. The van der Waals surface area contributed by atoms with Crippen LogP contribution in [0, 0.1) is 5.82 Å². The van der Waals surface area contributed by atoms with Crippen LogP contribution in [-0.4, -0.2) is 55.6 Å². The Kier molecular flexibility index (Phi) is 5.02. The Morgan fingerprint density at radius 2 is 2.15 bits per heavy atom. The number of hydrogen-bond acceptors (Lipinski definition) is 7. The van der Waals surface area contributed by atoms with Crippen LogP contribution in [0.1, 0.15) is 16.7 Å². The molecule has 0 saturated carbocycles. The number of amides is 1. The summed E-state index contributed by atoms with van der Waals surface area (Å²) >= 11 is 0. The van der Waals surface area contributed by atoms with Gasteiger partial charge in [0.15, 0.2) is 12.4 Å². The van der Waals surface area contributed by atoms with Gasteiger partial charge in [-0.15, -0.1) is 0 Å². The molecule has 3 N–H and O–H groups in total. The molecule has 4 atom stereocenters. The van der Waals surface area contributed by atoms with Gasteiger partial charge in [-0.25, -0.2) is 18.6 Å². The maximum Gasteiger partial charge on any atom is 0.351 e. The smallest absolute Gasteiger partial charge is 0.351 e. The Labute approximate surface area is 144 Å². The molecule has 1 saturated heterocycles. The lowest BCUT2D eigenvalue weighted by atomic mass is 10.1. The van der Waals surface area contributed by atoms with Gasteiger partial charge in [0, 0.05) is 6.20 Å². The van der Waals surface area contributed by atoms with Crippen molar-refractivity contribution < 1.29 is 28.5 Å². The highest BCUT2D eigenvalue weighted by Crippen LogP contribution is 2.30. The molecular formula is C15H14F2N4O5. The van der Waals surface area contributed by atoms with E-state index >= 15 is 0 Å². The highest BCUT2D eigenvalue weighted by atomic mass is 19.1. The van der Waals surface area contributed by atoms with Gasteiger partial charge in [-0.3, -0.25) is 9.36 Å². The molecule has 1 aliphatic heterocycles. The quantitative estimate of drug-likeness (QED) is 0.671. The third-order valence-electron chi connectivity index (χ3n) is 3.78. The minimum absolute atomic E-state index is 0.0887. The van der Waals surface area contributed by atoms with Gasteiger partial charge in [0.05, 0.1) is 12.8 Å². The number of alkyl halides is 1. The van der Waals surface area contributed by atoms with Crippen LogP contribution in [-0.2, 0) is 4.74 Å². The average molecular weight is 368 g/mol. The summed E-state index contributed by atoms with van der Waals surface area (Å²) in [6.07, 6.45) is -4.14. The Hall–Kier alpha value is -2.76. The van der Waals surface area contributed by atoms with Crippen LogP contribution in [0.15, 0.2) is 35.4 Å². The number of carbonyl (C=O) groups excluding carboxylic acids is 1. The summed E-state index contributed by atoms with van der Waals surface area (Å²) in [5.41, 5.74) is -1.03. The third kappa shape index (κ3) is 3.45. The van der Waals surface area contributed by atoms with E-state index in [0.717, 1.165) is 29.1 Å². The maximum absolute atomic E-state index is 14.1. The predicted octanol–water partition coefficient (Wildman–Crippen LogP) is -0.382. The molecule has 0 radical (unpaired) electrons. The Bertz CT molecular complexity index is 860. The van der Waals surface area contributed by atoms with Crippen LogP contribution in [0.2, 0.25) is 0 Å². The van der Waals surface area contributed by atoms with E-state index < -0.39 is 48.6 Å². The van der Waals surface area contributed by atoms with Gasteiger partial charge in [-0.05, 0) is 18.2 Å². The van der Waals surface area contributed by atoms with Crippen molar-refractivity contribution in [1.29, 1.82) is 0 Å². The maximum atomic E-state index is 14.1. The Morgan fingerprint density at radius 1 is 1.38 bits per heavy atom. The van der Waals surface area contributed by atoms with E-state index in [9.17, 15) is 23.5 Å². The topological polar surface area (TPSA) is 127 Å². The fraction of sp³-hybridized carbons (Fsp3) is 0.333. The first-order valence-corrected chi connectivity index (χ1v) is 7.51. The number of nitrogens with zero attached hydrogens (tertiary/aromatic N) is 3. The molecule has 2 aromatic heterocycles. The minimum atomic E-state index is -1.93. The molecule has 11 heteroatoms. The predicted molar refractivity (Wildman–Crippen MR) is 82.5 cm³/mol. The number of anilines is 1. The van der Waals surface area contributed by atoms with Gasteiger partial charge < -0.3 is 20.3 Å². The molecule has 0 unspecified atom stereocenters. The van der Waals surface area contributed by atoms with Crippen LogP contribution in [0.5, 0.6) is 0 Å². The molecule has 26 heavy (non-hydrogen) atoms. The number of pyridine rings is 1. The monoisotopic (exact) mass is 368 g/mol. The van der Waals surface area contributed by atoms with Crippen LogP contribution in [0.25, 0.3) is 0 Å². The summed E-state index contributed by atoms with van der Waals surface area (Å²) < 4.78 is 32.8. The molecule has 3 heterocycles. The third-order valence-corrected chi connectivity index (χ3v) is 3.78.